The van der Waals surface area contributed by atoms with E-state index in [4.69, 9.17) is 27.7 Å². The van der Waals surface area contributed by atoms with E-state index in [0.29, 0.717) is 21.8 Å². The van der Waals surface area contributed by atoms with Crippen molar-refractivity contribution in [1.82, 2.24) is 19.7 Å². The van der Waals surface area contributed by atoms with Crippen molar-refractivity contribution in [2.45, 2.75) is 0 Å². The van der Waals surface area contributed by atoms with Gasteiger partial charge >= 0.3 is 0 Å². The Kier molecular flexibility index (Phi) is 3.32. The van der Waals surface area contributed by atoms with Crippen LogP contribution in [0.4, 0.5) is 0 Å². The fourth-order valence-electron chi connectivity index (χ4n) is 2.36. The molecule has 0 N–H and O–H groups in total. The Hall–Kier alpha value is -2.37. The first-order valence-electron chi connectivity index (χ1n) is 6.82. The maximum atomic E-state index is 6.02. The molecule has 0 unspecified atom stereocenters. The zero-order valence-electron chi connectivity index (χ0n) is 12.0. The SMILES string of the molecule is Cn1cnc2cc(-c3noc(-c4ccc(Cl)c(Cl)c4)n3)ccc21. The van der Waals surface area contributed by atoms with Crippen LogP contribution in [0.5, 0.6) is 0 Å². The third kappa shape index (κ3) is 2.48. The molecule has 114 valence electrons. The number of hydrogen-bond acceptors (Lipinski definition) is 4. The number of fused-ring (bicyclic) bond motifs is 1. The van der Waals surface area contributed by atoms with Gasteiger partial charge in [-0.2, -0.15) is 4.98 Å². The molecule has 0 aliphatic rings. The van der Waals surface area contributed by atoms with Crippen LogP contribution < -0.4 is 0 Å². The molecule has 0 amide bonds. The lowest BCUT2D eigenvalue weighted by atomic mass is 10.2. The molecule has 5 nitrogen and oxygen atoms in total. The second kappa shape index (κ2) is 5.37. The highest BCUT2D eigenvalue weighted by Gasteiger charge is 2.13. The molecule has 0 fully saturated rings. The Balaban J connectivity index is 1.74. The molecule has 0 atom stereocenters. The van der Waals surface area contributed by atoms with E-state index < -0.39 is 0 Å². The molecule has 0 aliphatic heterocycles. The quantitative estimate of drug-likeness (QED) is 0.533. The average molecular weight is 345 g/mol. The van der Waals surface area contributed by atoms with Gasteiger partial charge in [-0.3, -0.25) is 0 Å². The van der Waals surface area contributed by atoms with Crippen LogP contribution >= 0.6 is 23.2 Å². The summed E-state index contributed by atoms with van der Waals surface area (Å²) in [6, 6.07) is 11.0. The highest BCUT2D eigenvalue weighted by Crippen LogP contribution is 2.29. The van der Waals surface area contributed by atoms with Gasteiger partial charge in [0.25, 0.3) is 5.89 Å². The largest absolute Gasteiger partial charge is 0.334 e. The van der Waals surface area contributed by atoms with E-state index in [9.17, 15) is 0 Å². The third-order valence-electron chi connectivity index (χ3n) is 3.58. The Labute approximate surface area is 141 Å². The molecular weight excluding hydrogens is 335 g/mol. The van der Waals surface area contributed by atoms with Gasteiger partial charge in [-0.1, -0.05) is 28.4 Å². The molecule has 2 aromatic heterocycles. The molecule has 0 spiro atoms. The monoisotopic (exact) mass is 344 g/mol. The van der Waals surface area contributed by atoms with E-state index in [0.717, 1.165) is 22.2 Å². The molecule has 4 rings (SSSR count). The van der Waals surface area contributed by atoms with Crippen molar-refractivity contribution in [3.05, 3.63) is 52.8 Å². The van der Waals surface area contributed by atoms with E-state index in [1.54, 1.807) is 24.5 Å². The van der Waals surface area contributed by atoms with E-state index >= 15 is 0 Å². The van der Waals surface area contributed by atoms with Crippen LogP contribution in [-0.4, -0.2) is 19.7 Å². The molecule has 7 heteroatoms. The Morgan fingerprint density at radius 2 is 1.83 bits per heavy atom. The van der Waals surface area contributed by atoms with Gasteiger partial charge in [0.1, 0.15) is 0 Å². The van der Waals surface area contributed by atoms with Crippen molar-refractivity contribution >= 4 is 34.2 Å². The summed E-state index contributed by atoms with van der Waals surface area (Å²) in [6.45, 7) is 0. The number of nitrogens with zero attached hydrogens (tertiary/aromatic N) is 4. The van der Waals surface area contributed by atoms with Crippen molar-refractivity contribution in [1.29, 1.82) is 0 Å². The molecule has 23 heavy (non-hydrogen) atoms. The van der Waals surface area contributed by atoms with Gasteiger partial charge in [-0.15, -0.1) is 0 Å². The molecular formula is C16H10Cl2N4O. The number of aryl methyl sites for hydroxylation is 1. The fraction of sp³-hybridized carbons (Fsp3) is 0.0625. The first-order chi connectivity index (χ1) is 11.1. The van der Waals surface area contributed by atoms with Crippen molar-refractivity contribution in [2.24, 2.45) is 7.05 Å². The minimum atomic E-state index is 0.389. The van der Waals surface area contributed by atoms with Crippen LogP contribution in [-0.2, 0) is 7.05 Å². The second-order valence-electron chi connectivity index (χ2n) is 5.11. The maximum absolute atomic E-state index is 6.02. The van der Waals surface area contributed by atoms with Crippen molar-refractivity contribution < 1.29 is 4.52 Å². The van der Waals surface area contributed by atoms with Gasteiger partial charge in [0, 0.05) is 18.2 Å². The van der Waals surface area contributed by atoms with Gasteiger partial charge in [-0.25, -0.2) is 4.98 Å². The van der Waals surface area contributed by atoms with Gasteiger partial charge < -0.3 is 9.09 Å². The Morgan fingerprint density at radius 1 is 1.00 bits per heavy atom. The van der Waals surface area contributed by atoms with Crippen molar-refractivity contribution in [3.63, 3.8) is 0 Å². The molecule has 4 aromatic rings. The number of imidazole rings is 1. The topological polar surface area (TPSA) is 56.7 Å². The van der Waals surface area contributed by atoms with Crippen molar-refractivity contribution in [2.75, 3.05) is 0 Å². The smallest absolute Gasteiger partial charge is 0.258 e. The van der Waals surface area contributed by atoms with Gasteiger partial charge in [0.15, 0.2) is 0 Å². The van der Waals surface area contributed by atoms with E-state index in [1.807, 2.05) is 29.8 Å². The minimum Gasteiger partial charge on any atom is -0.334 e. The summed E-state index contributed by atoms with van der Waals surface area (Å²) in [4.78, 5) is 8.76. The lowest BCUT2D eigenvalue weighted by Crippen LogP contribution is -1.85. The average Bonchev–Trinajstić information content (AvgIpc) is 3.17. The summed E-state index contributed by atoms with van der Waals surface area (Å²) in [5.41, 5.74) is 3.48. The molecule has 0 saturated heterocycles. The lowest BCUT2D eigenvalue weighted by molar-refractivity contribution is 0.432. The summed E-state index contributed by atoms with van der Waals surface area (Å²) in [6.07, 6.45) is 1.77. The number of benzene rings is 2. The predicted molar refractivity (Wildman–Crippen MR) is 89.5 cm³/mol. The van der Waals surface area contributed by atoms with Crippen LogP contribution in [0.15, 0.2) is 47.2 Å². The summed E-state index contributed by atoms with van der Waals surface area (Å²) < 4.78 is 7.28. The summed E-state index contributed by atoms with van der Waals surface area (Å²) in [5, 5.41) is 4.96. The Bertz CT molecular complexity index is 1020. The maximum Gasteiger partial charge on any atom is 0.258 e. The minimum absolute atomic E-state index is 0.389. The summed E-state index contributed by atoms with van der Waals surface area (Å²) in [7, 11) is 1.95. The molecule has 2 heterocycles. The van der Waals surface area contributed by atoms with Crippen LogP contribution in [0.25, 0.3) is 33.9 Å². The van der Waals surface area contributed by atoms with Gasteiger partial charge in [0.2, 0.25) is 5.82 Å². The number of hydrogen-bond donors (Lipinski definition) is 0. The van der Waals surface area contributed by atoms with Gasteiger partial charge in [-0.05, 0) is 36.4 Å². The number of aromatic nitrogens is 4. The zero-order valence-corrected chi connectivity index (χ0v) is 13.5. The molecule has 0 saturated carbocycles. The van der Waals surface area contributed by atoms with E-state index in [2.05, 4.69) is 15.1 Å². The third-order valence-corrected chi connectivity index (χ3v) is 4.32. The second-order valence-corrected chi connectivity index (χ2v) is 5.93. The van der Waals surface area contributed by atoms with E-state index in [-0.39, 0.29) is 0 Å². The Morgan fingerprint density at radius 3 is 2.65 bits per heavy atom. The normalized spacial score (nSPS) is 11.3. The highest BCUT2D eigenvalue weighted by atomic mass is 35.5. The fourth-order valence-corrected chi connectivity index (χ4v) is 2.66. The number of halogens is 2. The standard InChI is InChI=1S/C16H10Cl2N4O/c1-22-8-19-13-7-9(3-5-14(13)22)15-20-16(23-21-15)10-2-4-11(17)12(18)6-10/h2-8H,1H3. The lowest BCUT2D eigenvalue weighted by Gasteiger charge is -1.98. The van der Waals surface area contributed by atoms with Crippen LogP contribution in [0.2, 0.25) is 10.0 Å². The van der Waals surface area contributed by atoms with Crippen LogP contribution in [0, 0.1) is 0 Å². The molecule has 0 radical (unpaired) electrons. The molecule has 2 aromatic carbocycles. The van der Waals surface area contributed by atoms with Crippen LogP contribution in [0.3, 0.4) is 0 Å². The first-order valence-corrected chi connectivity index (χ1v) is 7.58. The highest BCUT2D eigenvalue weighted by molar-refractivity contribution is 6.42. The molecule has 0 bridgehead atoms. The summed E-state index contributed by atoms with van der Waals surface area (Å²) in [5.74, 6) is 0.887. The van der Waals surface area contributed by atoms with E-state index in [1.165, 1.54) is 0 Å². The first kappa shape index (κ1) is 14.2. The van der Waals surface area contributed by atoms with Crippen molar-refractivity contribution in [3.8, 4) is 22.8 Å². The summed E-state index contributed by atoms with van der Waals surface area (Å²) >= 11 is 11.9. The predicted octanol–water partition coefficient (Wildman–Crippen LogP) is 4.60. The zero-order chi connectivity index (χ0) is 16.0. The molecule has 0 aliphatic carbocycles. The van der Waals surface area contributed by atoms with Crippen LogP contribution in [0.1, 0.15) is 0 Å². The number of rotatable bonds is 2. The van der Waals surface area contributed by atoms with Gasteiger partial charge in [0.05, 0.1) is 27.4 Å².